The lowest BCUT2D eigenvalue weighted by atomic mass is 9.89. The Bertz CT molecular complexity index is 554. The number of likely N-dealkylation sites (tertiary alicyclic amines) is 1. The minimum Gasteiger partial charge on any atom is -0.335 e. The van der Waals surface area contributed by atoms with E-state index < -0.39 is 0 Å². The number of fused-ring (bicyclic) bond motifs is 2. The second-order valence-corrected chi connectivity index (χ2v) is 6.77. The minimum absolute atomic E-state index is 0.297. The Morgan fingerprint density at radius 1 is 1.19 bits per heavy atom. The van der Waals surface area contributed by atoms with Crippen LogP contribution in [0.5, 0.6) is 0 Å². The molecule has 0 bridgehead atoms. The summed E-state index contributed by atoms with van der Waals surface area (Å²) in [5, 5.41) is 3.40. The van der Waals surface area contributed by atoms with Crippen molar-refractivity contribution in [1.29, 1.82) is 0 Å². The third kappa shape index (κ3) is 2.28. The van der Waals surface area contributed by atoms with E-state index in [0.29, 0.717) is 11.9 Å². The van der Waals surface area contributed by atoms with Gasteiger partial charge >= 0.3 is 0 Å². The van der Waals surface area contributed by atoms with E-state index in [-0.39, 0.29) is 0 Å². The number of amides is 1. The average molecular weight is 284 g/mol. The molecule has 1 aromatic carbocycles. The van der Waals surface area contributed by atoms with Crippen LogP contribution < -0.4 is 5.32 Å². The Labute approximate surface area is 126 Å². The molecule has 0 radical (unpaired) electrons. The van der Waals surface area contributed by atoms with Crippen LogP contribution in [0.4, 0.5) is 0 Å². The molecule has 1 aliphatic carbocycles. The van der Waals surface area contributed by atoms with Crippen molar-refractivity contribution in [3.8, 4) is 0 Å². The van der Waals surface area contributed by atoms with E-state index in [1.54, 1.807) is 0 Å². The van der Waals surface area contributed by atoms with E-state index in [2.05, 4.69) is 22.3 Å². The van der Waals surface area contributed by atoms with E-state index >= 15 is 0 Å². The molecule has 4 rings (SSSR count). The molecule has 2 aliphatic heterocycles. The first-order chi connectivity index (χ1) is 10.3. The van der Waals surface area contributed by atoms with Crippen molar-refractivity contribution in [2.75, 3.05) is 13.1 Å². The summed E-state index contributed by atoms with van der Waals surface area (Å²) in [4.78, 5) is 15.3. The van der Waals surface area contributed by atoms with Gasteiger partial charge in [0.25, 0.3) is 5.91 Å². The Morgan fingerprint density at radius 3 is 3.05 bits per heavy atom. The first-order valence-corrected chi connectivity index (χ1v) is 8.47. The molecule has 21 heavy (non-hydrogen) atoms. The van der Waals surface area contributed by atoms with E-state index in [9.17, 15) is 4.79 Å². The van der Waals surface area contributed by atoms with Gasteiger partial charge in [-0.15, -0.1) is 0 Å². The quantitative estimate of drug-likeness (QED) is 0.860. The summed E-state index contributed by atoms with van der Waals surface area (Å²) in [6, 6.07) is 6.77. The van der Waals surface area contributed by atoms with Gasteiger partial charge in [-0.1, -0.05) is 18.6 Å². The normalized spacial score (nSPS) is 28.1. The minimum atomic E-state index is 0.297. The Kier molecular flexibility index (Phi) is 3.46. The predicted molar refractivity (Wildman–Crippen MR) is 83.3 cm³/mol. The molecule has 112 valence electrons. The Balaban J connectivity index is 1.65. The highest BCUT2D eigenvalue weighted by molar-refractivity contribution is 5.96. The first kappa shape index (κ1) is 13.3. The topological polar surface area (TPSA) is 32.3 Å². The second-order valence-electron chi connectivity index (χ2n) is 6.77. The summed E-state index contributed by atoms with van der Waals surface area (Å²) in [6.07, 6.45) is 7.34. The van der Waals surface area contributed by atoms with Crippen molar-refractivity contribution >= 4 is 5.91 Å². The van der Waals surface area contributed by atoms with Crippen LogP contribution >= 0.6 is 0 Å². The number of rotatable bonds is 1. The zero-order chi connectivity index (χ0) is 14.2. The molecule has 1 saturated heterocycles. The highest BCUT2D eigenvalue weighted by atomic mass is 16.2. The number of hydrogen-bond donors (Lipinski definition) is 1. The van der Waals surface area contributed by atoms with Crippen LogP contribution in [0.15, 0.2) is 18.2 Å². The summed E-state index contributed by atoms with van der Waals surface area (Å²) < 4.78 is 0. The molecule has 0 aromatic heterocycles. The fourth-order valence-electron chi connectivity index (χ4n) is 4.59. The molecular formula is C18H24N2O. The molecule has 3 heteroatoms. The monoisotopic (exact) mass is 284 g/mol. The van der Waals surface area contributed by atoms with Gasteiger partial charge in [0.1, 0.15) is 0 Å². The van der Waals surface area contributed by atoms with Crippen molar-refractivity contribution in [1.82, 2.24) is 10.2 Å². The Hall–Kier alpha value is -1.35. The summed E-state index contributed by atoms with van der Waals surface area (Å²) in [6.45, 7) is 2.85. The number of nitrogens with zero attached hydrogens (tertiary/aromatic N) is 1. The number of piperidine rings is 1. The second kappa shape index (κ2) is 5.45. The number of nitrogens with one attached hydrogen (secondary N) is 1. The van der Waals surface area contributed by atoms with E-state index in [4.69, 9.17) is 0 Å². The molecule has 3 aliphatic rings. The van der Waals surface area contributed by atoms with Crippen molar-refractivity contribution in [2.45, 2.75) is 51.1 Å². The van der Waals surface area contributed by atoms with E-state index in [0.717, 1.165) is 37.5 Å². The van der Waals surface area contributed by atoms with Gasteiger partial charge in [0, 0.05) is 24.7 Å². The van der Waals surface area contributed by atoms with E-state index in [1.807, 2.05) is 6.07 Å². The van der Waals surface area contributed by atoms with Crippen LogP contribution in [0.25, 0.3) is 0 Å². The zero-order valence-corrected chi connectivity index (χ0v) is 12.6. The molecule has 2 atom stereocenters. The van der Waals surface area contributed by atoms with Gasteiger partial charge in [-0.3, -0.25) is 4.79 Å². The van der Waals surface area contributed by atoms with Crippen molar-refractivity contribution in [3.63, 3.8) is 0 Å². The van der Waals surface area contributed by atoms with Gasteiger partial charge in [-0.25, -0.2) is 0 Å². The summed E-state index contributed by atoms with van der Waals surface area (Å²) in [5.74, 6) is 1.06. The van der Waals surface area contributed by atoms with Gasteiger partial charge in [0.05, 0.1) is 0 Å². The maximum absolute atomic E-state index is 13.1. The molecule has 1 aromatic rings. The summed E-state index contributed by atoms with van der Waals surface area (Å²) in [5.41, 5.74) is 3.58. The largest absolute Gasteiger partial charge is 0.335 e. The molecule has 1 saturated carbocycles. The third-order valence-corrected chi connectivity index (χ3v) is 5.62. The lowest BCUT2D eigenvalue weighted by Gasteiger charge is -2.38. The zero-order valence-electron chi connectivity index (χ0n) is 12.6. The number of hydrogen-bond acceptors (Lipinski definition) is 2. The molecular weight excluding hydrogens is 260 g/mol. The van der Waals surface area contributed by atoms with Crippen LogP contribution in [-0.4, -0.2) is 29.9 Å². The van der Waals surface area contributed by atoms with Gasteiger partial charge in [-0.2, -0.15) is 0 Å². The highest BCUT2D eigenvalue weighted by Crippen LogP contribution is 2.37. The lowest BCUT2D eigenvalue weighted by Crippen LogP contribution is -2.46. The molecule has 3 nitrogen and oxygen atoms in total. The van der Waals surface area contributed by atoms with Crippen molar-refractivity contribution in [2.24, 2.45) is 5.92 Å². The SMILES string of the molecule is O=C(c1cccc2c1CCNC2)N1CCCC2CCCC21. The number of carbonyl (C=O) groups excluding carboxylic acids is 1. The first-order valence-electron chi connectivity index (χ1n) is 8.47. The summed E-state index contributed by atoms with van der Waals surface area (Å²) >= 11 is 0. The standard InChI is InChI=1S/C18H24N2O/c21-18(20-11-3-6-13-4-2-8-17(13)20)16-7-1-5-14-12-19-10-9-15(14)16/h1,5,7,13,17,19H,2-4,6,8-12H2. The van der Waals surface area contributed by atoms with Crippen LogP contribution in [0.1, 0.15) is 53.6 Å². The molecule has 2 unspecified atom stereocenters. The van der Waals surface area contributed by atoms with Crippen molar-refractivity contribution < 1.29 is 4.79 Å². The van der Waals surface area contributed by atoms with Gasteiger partial charge in [0.2, 0.25) is 0 Å². The maximum atomic E-state index is 13.1. The molecule has 1 amide bonds. The predicted octanol–water partition coefficient (Wildman–Crippen LogP) is 2.74. The average Bonchev–Trinajstić information content (AvgIpc) is 3.02. The fraction of sp³-hybridized carbons (Fsp3) is 0.611. The Morgan fingerprint density at radius 2 is 2.10 bits per heavy atom. The molecule has 2 fully saturated rings. The van der Waals surface area contributed by atoms with Crippen molar-refractivity contribution in [3.05, 3.63) is 34.9 Å². The van der Waals surface area contributed by atoms with Gasteiger partial charge in [0.15, 0.2) is 0 Å². The van der Waals surface area contributed by atoms with Crippen LogP contribution in [0.3, 0.4) is 0 Å². The third-order valence-electron chi connectivity index (χ3n) is 5.62. The highest BCUT2D eigenvalue weighted by Gasteiger charge is 2.38. The molecule has 1 N–H and O–H groups in total. The molecule has 0 spiro atoms. The number of carbonyl (C=O) groups is 1. The maximum Gasteiger partial charge on any atom is 0.254 e. The van der Waals surface area contributed by atoms with Crippen LogP contribution in [0, 0.1) is 5.92 Å². The molecule has 2 heterocycles. The smallest absolute Gasteiger partial charge is 0.254 e. The van der Waals surface area contributed by atoms with Gasteiger partial charge < -0.3 is 10.2 Å². The summed E-state index contributed by atoms with van der Waals surface area (Å²) in [7, 11) is 0. The number of benzene rings is 1. The van der Waals surface area contributed by atoms with Crippen LogP contribution in [-0.2, 0) is 13.0 Å². The van der Waals surface area contributed by atoms with E-state index in [1.165, 1.54) is 43.2 Å². The fourth-order valence-corrected chi connectivity index (χ4v) is 4.59. The lowest BCUT2D eigenvalue weighted by molar-refractivity contribution is 0.0547. The van der Waals surface area contributed by atoms with Gasteiger partial charge in [-0.05, 0) is 61.8 Å². The van der Waals surface area contributed by atoms with Crippen LogP contribution in [0.2, 0.25) is 0 Å².